The van der Waals surface area contributed by atoms with E-state index in [-0.39, 0.29) is 11.7 Å². The first kappa shape index (κ1) is 13.8. The van der Waals surface area contributed by atoms with E-state index >= 15 is 0 Å². The number of anilines is 1. The molecule has 1 aromatic carbocycles. The fourth-order valence-electron chi connectivity index (χ4n) is 1.74. The monoisotopic (exact) mass is 319 g/mol. The van der Waals surface area contributed by atoms with Crippen molar-refractivity contribution in [2.75, 3.05) is 5.32 Å². The van der Waals surface area contributed by atoms with Crippen LogP contribution in [0.3, 0.4) is 0 Å². The van der Waals surface area contributed by atoms with E-state index in [1.807, 2.05) is 13.0 Å². The summed E-state index contributed by atoms with van der Waals surface area (Å²) in [4.78, 5) is 13.6. The maximum absolute atomic E-state index is 12.9. The minimum atomic E-state index is -0.278. The van der Waals surface area contributed by atoms with Gasteiger partial charge in [-0.25, -0.2) is 4.39 Å². The Morgan fingerprint density at radius 1 is 1.10 bits per heavy atom. The molecule has 21 heavy (non-hydrogen) atoms. The van der Waals surface area contributed by atoms with Crippen LogP contribution in [-0.2, 0) is 0 Å². The summed E-state index contributed by atoms with van der Waals surface area (Å²) in [6.07, 6.45) is 0. The lowest BCUT2D eigenvalue weighted by Crippen LogP contribution is -2.09. The molecular weight excluding hydrogens is 309 g/mol. The number of rotatable bonds is 3. The molecular formula is C14H10FN3OS2. The van der Waals surface area contributed by atoms with E-state index in [0.717, 1.165) is 15.4 Å². The average Bonchev–Trinajstić information content (AvgIpc) is 3.09. The van der Waals surface area contributed by atoms with Crippen molar-refractivity contribution in [1.29, 1.82) is 0 Å². The number of amides is 1. The van der Waals surface area contributed by atoms with Crippen LogP contribution in [0.2, 0.25) is 0 Å². The lowest BCUT2D eigenvalue weighted by molar-refractivity contribution is 0.103. The lowest BCUT2D eigenvalue weighted by atomic mass is 10.2. The third-order valence-electron chi connectivity index (χ3n) is 2.71. The van der Waals surface area contributed by atoms with E-state index in [1.54, 1.807) is 18.2 Å². The van der Waals surface area contributed by atoms with Crippen LogP contribution in [0, 0.1) is 12.7 Å². The number of benzene rings is 1. The number of aromatic nitrogens is 2. The van der Waals surface area contributed by atoms with Gasteiger partial charge in [0, 0.05) is 4.88 Å². The van der Waals surface area contributed by atoms with Crippen LogP contribution >= 0.6 is 22.7 Å². The molecule has 4 nitrogen and oxygen atoms in total. The lowest BCUT2D eigenvalue weighted by Gasteiger charge is -1.98. The first-order valence-corrected chi connectivity index (χ1v) is 7.72. The van der Waals surface area contributed by atoms with Gasteiger partial charge in [-0.3, -0.25) is 10.1 Å². The highest BCUT2D eigenvalue weighted by atomic mass is 32.1. The van der Waals surface area contributed by atoms with Crippen LogP contribution in [0.5, 0.6) is 0 Å². The van der Waals surface area contributed by atoms with Crippen molar-refractivity contribution in [3.05, 3.63) is 52.1 Å². The number of hydrogen-bond acceptors (Lipinski definition) is 5. The highest BCUT2D eigenvalue weighted by molar-refractivity contribution is 7.18. The Bertz CT molecular complexity index is 780. The molecule has 0 spiro atoms. The second-order valence-corrected chi connectivity index (χ2v) is 6.52. The van der Waals surface area contributed by atoms with E-state index in [9.17, 15) is 9.18 Å². The Morgan fingerprint density at radius 3 is 2.52 bits per heavy atom. The van der Waals surface area contributed by atoms with Crippen molar-refractivity contribution < 1.29 is 9.18 Å². The maximum atomic E-state index is 12.9. The predicted molar refractivity (Wildman–Crippen MR) is 82.3 cm³/mol. The summed E-state index contributed by atoms with van der Waals surface area (Å²) in [5.41, 5.74) is 0.882. The van der Waals surface area contributed by atoms with Crippen molar-refractivity contribution in [3.8, 4) is 10.4 Å². The molecule has 106 valence electrons. The number of nitrogens with zero attached hydrogens (tertiary/aromatic N) is 2. The molecule has 1 N–H and O–H groups in total. The largest absolute Gasteiger partial charge is 0.296 e. The molecule has 0 bridgehead atoms. The SMILES string of the molecule is Cc1nnc(NC(=O)c2ccc(-c3ccc(F)cc3)s2)s1. The zero-order valence-electron chi connectivity index (χ0n) is 11.0. The number of carbonyl (C=O) groups is 1. The smallest absolute Gasteiger partial charge is 0.267 e. The quantitative estimate of drug-likeness (QED) is 0.795. The summed E-state index contributed by atoms with van der Waals surface area (Å²) in [5.74, 6) is -0.496. The van der Waals surface area contributed by atoms with E-state index in [2.05, 4.69) is 15.5 Å². The van der Waals surface area contributed by atoms with Gasteiger partial charge in [0.05, 0.1) is 4.88 Å². The Labute approximate surface area is 128 Å². The van der Waals surface area contributed by atoms with Crippen LogP contribution in [-0.4, -0.2) is 16.1 Å². The van der Waals surface area contributed by atoms with E-state index in [4.69, 9.17) is 0 Å². The topological polar surface area (TPSA) is 54.9 Å². The standard InChI is InChI=1S/C14H10FN3OS2/c1-8-17-18-14(20-8)16-13(19)12-7-6-11(21-12)9-2-4-10(15)5-3-9/h2-7H,1H3,(H,16,18,19). The van der Waals surface area contributed by atoms with Crippen molar-refractivity contribution in [1.82, 2.24) is 10.2 Å². The Morgan fingerprint density at radius 2 is 1.86 bits per heavy atom. The van der Waals surface area contributed by atoms with Crippen molar-refractivity contribution in [3.63, 3.8) is 0 Å². The van der Waals surface area contributed by atoms with Gasteiger partial charge in [0.15, 0.2) is 0 Å². The Hall–Kier alpha value is -2.12. The number of halogens is 1. The zero-order valence-corrected chi connectivity index (χ0v) is 12.6. The van der Waals surface area contributed by atoms with Crippen molar-refractivity contribution >= 4 is 33.7 Å². The van der Waals surface area contributed by atoms with E-state index in [1.165, 1.54) is 34.8 Å². The van der Waals surface area contributed by atoms with Gasteiger partial charge in [-0.15, -0.1) is 21.5 Å². The molecule has 2 heterocycles. The number of thiophene rings is 1. The number of nitrogens with one attached hydrogen (secondary N) is 1. The third-order valence-corrected chi connectivity index (χ3v) is 4.59. The Balaban J connectivity index is 1.78. The molecule has 0 atom stereocenters. The summed E-state index contributed by atoms with van der Waals surface area (Å²) in [7, 11) is 0. The second-order valence-electron chi connectivity index (χ2n) is 4.25. The molecule has 3 aromatic rings. The highest BCUT2D eigenvalue weighted by Crippen LogP contribution is 2.29. The summed E-state index contributed by atoms with van der Waals surface area (Å²) in [6.45, 7) is 1.82. The summed E-state index contributed by atoms with van der Waals surface area (Å²) < 4.78 is 12.9. The maximum Gasteiger partial charge on any atom is 0.267 e. The molecule has 0 saturated heterocycles. The van der Waals surface area contributed by atoms with Gasteiger partial charge in [0.2, 0.25) is 5.13 Å². The fraction of sp³-hybridized carbons (Fsp3) is 0.0714. The minimum absolute atomic E-state index is 0.218. The zero-order chi connectivity index (χ0) is 14.8. The first-order valence-electron chi connectivity index (χ1n) is 6.09. The first-order chi connectivity index (χ1) is 10.1. The van der Waals surface area contributed by atoms with Gasteiger partial charge < -0.3 is 0 Å². The fourth-order valence-corrected chi connectivity index (χ4v) is 3.23. The average molecular weight is 319 g/mol. The predicted octanol–water partition coefficient (Wildman–Crippen LogP) is 3.97. The minimum Gasteiger partial charge on any atom is -0.296 e. The molecule has 1 amide bonds. The molecule has 3 rings (SSSR count). The van der Waals surface area contributed by atoms with Crippen molar-refractivity contribution in [2.24, 2.45) is 0 Å². The third kappa shape index (κ3) is 3.14. The molecule has 0 fully saturated rings. The molecule has 0 aliphatic heterocycles. The number of aryl methyl sites for hydroxylation is 1. The normalized spacial score (nSPS) is 10.6. The van der Waals surface area contributed by atoms with Gasteiger partial charge in [0.25, 0.3) is 5.91 Å². The summed E-state index contributed by atoms with van der Waals surface area (Å²) >= 11 is 2.67. The molecule has 0 aliphatic carbocycles. The van der Waals surface area contributed by atoms with Gasteiger partial charge in [-0.1, -0.05) is 23.5 Å². The summed E-state index contributed by atoms with van der Waals surface area (Å²) in [6, 6.07) is 9.77. The molecule has 0 unspecified atom stereocenters. The molecule has 0 aliphatic rings. The molecule has 2 aromatic heterocycles. The van der Waals surface area contributed by atoms with Crippen LogP contribution < -0.4 is 5.32 Å². The van der Waals surface area contributed by atoms with Crippen LogP contribution in [0.25, 0.3) is 10.4 Å². The van der Waals surface area contributed by atoms with E-state index in [0.29, 0.717) is 10.0 Å². The number of hydrogen-bond donors (Lipinski definition) is 1. The van der Waals surface area contributed by atoms with Gasteiger partial charge in [0.1, 0.15) is 10.8 Å². The Kier molecular flexibility index (Phi) is 3.76. The van der Waals surface area contributed by atoms with Crippen molar-refractivity contribution in [2.45, 2.75) is 6.92 Å². The second kappa shape index (κ2) is 5.71. The van der Waals surface area contributed by atoms with Crippen LogP contribution in [0.1, 0.15) is 14.7 Å². The van der Waals surface area contributed by atoms with Crippen LogP contribution in [0.4, 0.5) is 9.52 Å². The number of carbonyl (C=O) groups excluding carboxylic acids is 1. The van der Waals surface area contributed by atoms with Gasteiger partial charge in [-0.05, 0) is 36.8 Å². The summed E-state index contributed by atoms with van der Waals surface area (Å²) in [5, 5.41) is 11.7. The molecule has 0 radical (unpaired) electrons. The highest BCUT2D eigenvalue weighted by Gasteiger charge is 2.12. The van der Waals surface area contributed by atoms with Gasteiger partial charge >= 0.3 is 0 Å². The molecule has 0 saturated carbocycles. The van der Waals surface area contributed by atoms with Crippen LogP contribution in [0.15, 0.2) is 36.4 Å². The van der Waals surface area contributed by atoms with E-state index < -0.39 is 0 Å². The molecule has 7 heteroatoms. The van der Waals surface area contributed by atoms with Gasteiger partial charge in [-0.2, -0.15) is 0 Å².